The third-order valence-corrected chi connectivity index (χ3v) is 7.47. The molecule has 122 valence electrons. The van der Waals surface area contributed by atoms with Gasteiger partial charge in [0, 0.05) is 5.41 Å². The van der Waals surface area contributed by atoms with Crippen LogP contribution in [0.5, 0.6) is 0 Å². The van der Waals surface area contributed by atoms with Gasteiger partial charge in [0.15, 0.2) is 0 Å². The lowest BCUT2D eigenvalue weighted by Crippen LogP contribution is -2.48. The zero-order valence-corrected chi connectivity index (χ0v) is 13.5. The molecule has 5 heteroatoms. The molecule has 4 aliphatic carbocycles. The minimum Gasteiger partial charge on any atom is -0.241 e. The fraction of sp³-hybridized carbons (Fsp3) is 0.611. The predicted octanol–water partition coefficient (Wildman–Crippen LogP) is 5.78. The molecule has 2 aromatic rings. The first-order chi connectivity index (χ1) is 10.9. The van der Waals surface area contributed by atoms with E-state index in [1.807, 2.05) is 0 Å². The van der Waals surface area contributed by atoms with Crippen molar-refractivity contribution in [3.8, 4) is 0 Å². The number of hydrogen-bond donors (Lipinski definition) is 0. The van der Waals surface area contributed by atoms with E-state index >= 15 is 0 Å². The number of hydrogen-bond acceptors (Lipinski definition) is 2. The van der Waals surface area contributed by atoms with Crippen LogP contribution in [0.3, 0.4) is 0 Å². The molecule has 4 saturated carbocycles. The molecular weight excluding hydrogens is 319 g/mol. The molecule has 0 unspecified atom stereocenters. The monoisotopic (exact) mass is 337 g/mol. The Morgan fingerprint density at radius 3 is 2.17 bits per heavy atom. The van der Waals surface area contributed by atoms with E-state index in [0.717, 1.165) is 34.3 Å². The van der Waals surface area contributed by atoms with Gasteiger partial charge in [0.25, 0.3) is 0 Å². The highest BCUT2D eigenvalue weighted by Crippen LogP contribution is 2.61. The van der Waals surface area contributed by atoms with Crippen molar-refractivity contribution >= 4 is 21.6 Å². The Bertz CT molecular complexity index is 741. The first kappa shape index (κ1) is 14.3. The van der Waals surface area contributed by atoms with Crippen LogP contribution in [-0.4, -0.2) is 4.98 Å². The van der Waals surface area contributed by atoms with Gasteiger partial charge in [0.05, 0.1) is 15.8 Å². The van der Waals surface area contributed by atoms with E-state index in [-0.39, 0.29) is 5.41 Å². The van der Waals surface area contributed by atoms with Crippen molar-refractivity contribution in [3.63, 3.8) is 0 Å². The summed E-state index contributed by atoms with van der Waals surface area (Å²) in [5.41, 5.74) is 0.330. The number of nitrogens with zero attached hydrogens (tertiary/aromatic N) is 1. The van der Waals surface area contributed by atoms with Gasteiger partial charge in [0.2, 0.25) is 0 Å². The van der Waals surface area contributed by atoms with Crippen LogP contribution in [-0.2, 0) is 11.6 Å². The fourth-order valence-corrected chi connectivity index (χ4v) is 6.92. The summed E-state index contributed by atoms with van der Waals surface area (Å²) in [6.07, 6.45) is 3.41. The fourth-order valence-electron chi connectivity index (χ4n) is 5.70. The standard InChI is InChI=1S/C18H18F3NS/c19-18(20,21)13-1-2-14-15(6-13)23-16(22-14)17-7-10-3-11(8-17)5-12(4-10)9-17/h1-2,6,10-12H,3-5,7-9H2. The second kappa shape index (κ2) is 4.50. The van der Waals surface area contributed by atoms with Gasteiger partial charge >= 0.3 is 6.18 Å². The van der Waals surface area contributed by atoms with E-state index in [1.165, 1.54) is 55.9 Å². The van der Waals surface area contributed by atoms with Crippen molar-refractivity contribution in [2.75, 3.05) is 0 Å². The number of halogens is 3. The Morgan fingerprint density at radius 2 is 1.61 bits per heavy atom. The number of benzene rings is 1. The van der Waals surface area contributed by atoms with Crippen LogP contribution in [0, 0.1) is 17.8 Å². The molecule has 0 saturated heterocycles. The molecule has 1 heterocycles. The normalized spacial score (nSPS) is 36.0. The zero-order chi connectivity index (χ0) is 15.8. The lowest BCUT2D eigenvalue weighted by Gasteiger charge is -2.56. The van der Waals surface area contributed by atoms with Gasteiger partial charge in [-0.15, -0.1) is 11.3 Å². The summed E-state index contributed by atoms with van der Waals surface area (Å²) in [5.74, 6) is 2.46. The molecule has 0 aliphatic heterocycles. The minimum atomic E-state index is -4.28. The second-order valence-corrected chi connectivity index (χ2v) is 8.93. The van der Waals surface area contributed by atoms with Crippen LogP contribution < -0.4 is 0 Å². The molecule has 1 aromatic heterocycles. The molecule has 4 aliphatic rings. The van der Waals surface area contributed by atoms with Crippen LogP contribution in [0.4, 0.5) is 13.2 Å². The third kappa shape index (κ3) is 2.15. The number of thiazole rings is 1. The summed E-state index contributed by atoms with van der Waals surface area (Å²) < 4.78 is 39.4. The maximum absolute atomic E-state index is 12.9. The molecule has 6 rings (SSSR count). The van der Waals surface area contributed by atoms with Gasteiger partial charge in [-0.25, -0.2) is 4.98 Å². The lowest BCUT2D eigenvalue weighted by atomic mass is 9.50. The van der Waals surface area contributed by atoms with Crippen LogP contribution in [0.2, 0.25) is 0 Å². The van der Waals surface area contributed by atoms with Crippen molar-refractivity contribution in [1.29, 1.82) is 0 Å². The SMILES string of the molecule is FC(F)(F)c1ccc2nc(C34CC5CC(CC(C5)C3)C4)sc2c1. The van der Waals surface area contributed by atoms with Crippen molar-refractivity contribution in [3.05, 3.63) is 28.8 Å². The number of fused-ring (bicyclic) bond motifs is 1. The topological polar surface area (TPSA) is 12.9 Å². The van der Waals surface area contributed by atoms with Crippen molar-refractivity contribution in [2.24, 2.45) is 17.8 Å². The smallest absolute Gasteiger partial charge is 0.241 e. The Kier molecular flexibility index (Phi) is 2.79. The Labute approximate surface area is 136 Å². The van der Waals surface area contributed by atoms with Crippen LogP contribution in [0.25, 0.3) is 10.2 Å². The first-order valence-electron chi connectivity index (χ1n) is 8.40. The third-order valence-electron chi connectivity index (χ3n) is 6.21. The second-order valence-electron chi connectivity index (χ2n) is 7.90. The van der Waals surface area contributed by atoms with Crippen molar-refractivity contribution in [1.82, 2.24) is 4.98 Å². The first-order valence-corrected chi connectivity index (χ1v) is 9.21. The summed E-state index contributed by atoms with van der Waals surface area (Å²) in [4.78, 5) is 4.78. The molecule has 4 fully saturated rings. The summed E-state index contributed by atoms with van der Waals surface area (Å²) in [7, 11) is 0. The zero-order valence-electron chi connectivity index (χ0n) is 12.7. The molecule has 0 radical (unpaired) electrons. The molecule has 0 spiro atoms. The number of aromatic nitrogens is 1. The van der Waals surface area contributed by atoms with Crippen molar-refractivity contribution in [2.45, 2.75) is 50.1 Å². The molecule has 1 aromatic carbocycles. The Balaban J connectivity index is 1.58. The molecule has 1 nitrogen and oxygen atoms in total. The quantitative estimate of drug-likeness (QED) is 0.642. The number of alkyl halides is 3. The summed E-state index contributed by atoms with van der Waals surface area (Å²) in [6, 6.07) is 3.97. The van der Waals surface area contributed by atoms with Crippen LogP contribution in [0.15, 0.2) is 18.2 Å². The molecule has 0 N–H and O–H groups in total. The average Bonchev–Trinajstić information content (AvgIpc) is 2.88. The molecule has 4 bridgehead atoms. The average molecular weight is 337 g/mol. The highest BCUT2D eigenvalue weighted by molar-refractivity contribution is 7.18. The van der Waals surface area contributed by atoms with E-state index in [0.29, 0.717) is 4.70 Å². The maximum atomic E-state index is 12.9. The van der Waals surface area contributed by atoms with Gasteiger partial charge < -0.3 is 0 Å². The van der Waals surface area contributed by atoms with E-state index in [4.69, 9.17) is 4.98 Å². The predicted molar refractivity (Wildman–Crippen MR) is 84.5 cm³/mol. The largest absolute Gasteiger partial charge is 0.416 e. The van der Waals surface area contributed by atoms with E-state index in [1.54, 1.807) is 6.07 Å². The van der Waals surface area contributed by atoms with Crippen molar-refractivity contribution < 1.29 is 13.2 Å². The van der Waals surface area contributed by atoms with Gasteiger partial charge in [-0.2, -0.15) is 13.2 Å². The Morgan fingerprint density at radius 1 is 1.00 bits per heavy atom. The van der Waals surface area contributed by atoms with Gasteiger partial charge in [-0.05, 0) is 74.5 Å². The minimum absolute atomic E-state index is 0.164. The lowest BCUT2D eigenvalue weighted by molar-refractivity contribution is -0.137. The summed E-state index contributed by atoms with van der Waals surface area (Å²) in [5, 5.41) is 1.10. The van der Waals surface area contributed by atoms with Gasteiger partial charge in [-0.3, -0.25) is 0 Å². The van der Waals surface area contributed by atoms with Crippen LogP contribution in [0.1, 0.15) is 49.1 Å². The summed E-state index contributed by atoms with van der Waals surface area (Å²) in [6.45, 7) is 0. The molecule has 23 heavy (non-hydrogen) atoms. The Hall–Kier alpha value is -1.10. The van der Waals surface area contributed by atoms with E-state index < -0.39 is 11.7 Å². The van der Waals surface area contributed by atoms with E-state index in [9.17, 15) is 13.2 Å². The number of rotatable bonds is 1. The highest BCUT2D eigenvalue weighted by Gasteiger charge is 2.53. The molecular formula is C18H18F3NS. The van der Waals surface area contributed by atoms with Gasteiger partial charge in [-0.1, -0.05) is 0 Å². The molecule has 0 amide bonds. The van der Waals surface area contributed by atoms with E-state index in [2.05, 4.69) is 0 Å². The maximum Gasteiger partial charge on any atom is 0.416 e. The van der Waals surface area contributed by atoms with Gasteiger partial charge in [0.1, 0.15) is 5.01 Å². The summed E-state index contributed by atoms with van der Waals surface area (Å²) >= 11 is 1.50. The van der Waals surface area contributed by atoms with Crippen LogP contribution >= 0.6 is 11.3 Å². The highest BCUT2D eigenvalue weighted by atomic mass is 32.1. The molecule has 0 atom stereocenters.